The summed E-state index contributed by atoms with van der Waals surface area (Å²) in [5.74, 6) is -0.00881. The highest BCUT2D eigenvalue weighted by Gasteiger charge is 2.28. The number of hydrogen-bond acceptors (Lipinski definition) is 3. The predicted octanol–water partition coefficient (Wildman–Crippen LogP) is 4.34. The maximum atomic E-state index is 13.3. The fourth-order valence-electron chi connectivity index (χ4n) is 3.28. The van der Waals surface area contributed by atoms with Crippen LogP contribution in [0.4, 0.5) is 4.39 Å². The van der Waals surface area contributed by atoms with Crippen molar-refractivity contribution >= 4 is 0 Å². The molecule has 0 N–H and O–H groups in total. The summed E-state index contributed by atoms with van der Waals surface area (Å²) in [6.45, 7) is 0. The molecule has 4 heteroatoms. The third-order valence-corrected chi connectivity index (χ3v) is 4.34. The average Bonchev–Trinajstić information content (AvgIpc) is 2.99. The van der Waals surface area contributed by atoms with Crippen LogP contribution in [0.25, 0.3) is 22.4 Å². The molecule has 0 aliphatic heterocycles. The zero-order valence-corrected chi connectivity index (χ0v) is 13.0. The van der Waals surface area contributed by atoms with Gasteiger partial charge in [0.25, 0.3) is 0 Å². The molecule has 1 aliphatic carbocycles. The van der Waals surface area contributed by atoms with E-state index >= 15 is 0 Å². The van der Waals surface area contributed by atoms with Gasteiger partial charge in [0.1, 0.15) is 17.4 Å². The number of nitrogens with zero attached hydrogens (tertiary/aromatic N) is 2. The number of halogens is 1. The average molecular weight is 316 g/mol. The molecule has 0 amide bonds. The lowest BCUT2D eigenvalue weighted by molar-refractivity contribution is 0.397. The third-order valence-electron chi connectivity index (χ3n) is 4.34. The molecule has 3 aromatic rings. The molecule has 1 aliphatic rings. The normalized spacial score (nSPS) is 11.5. The first-order valence-corrected chi connectivity index (χ1v) is 7.58. The number of ether oxygens (including phenoxy) is 1. The third kappa shape index (κ3) is 2.06. The van der Waals surface area contributed by atoms with Crippen LogP contribution in [0.2, 0.25) is 0 Å². The van der Waals surface area contributed by atoms with Crippen molar-refractivity contribution in [3.8, 4) is 34.3 Å². The van der Waals surface area contributed by atoms with Crippen LogP contribution in [-0.4, -0.2) is 12.1 Å². The summed E-state index contributed by atoms with van der Waals surface area (Å²) in [6, 6.07) is 16.4. The van der Waals surface area contributed by atoms with Crippen LogP contribution in [0.3, 0.4) is 0 Å². The molecule has 4 rings (SSSR count). The Morgan fingerprint density at radius 1 is 1.12 bits per heavy atom. The Labute approximate surface area is 139 Å². The van der Waals surface area contributed by atoms with Crippen molar-refractivity contribution in [2.24, 2.45) is 0 Å². The van der Waals surface area contributed by atoms with Crippen molar-refractivity contribution in [2.45, 2.75) is 6.42 Å². The van der Waals surface area contributed by atoms with Crippen LogP contribution in [0, 0.1) is 17.1 Å². The highest BCUT2D eigenvalue weighted by molar-refractivity contribution is 5.86. The Hall–Kier alpha value is -3.19. The van der Waals surface area contributed by atoms with Gasteiger partial charge < -0.3 is 4.74 Å². The van der Waals surface area contributed by atoms with Crippen molar-refractivity contribution in [1.29, 1.82) is 5.26 Å². The van der Waals surface area contributed by atoms with E-state index in [1.54, 1.807) is 12.1 Å². The van der Waals surface area contributed by atoms with Crippen LogP contribution in [0.15, 0.2) is 48.5 Å². The first kappa shape index (κ1) is 14.4. The van der Waals surface area contributed by atoms with Gasteiger partial charge in [0.2, 0.25) is 5.88 Å². The van der Waals surface area contributed by atoms with E-state index in [1.165, 1.54) is 24.8 Å². The molecule has 1 aromatic heterocycles. The Balaban J connectivity index is 2.06. The first-order chi connectivity index (χ1) is 11.7. The summed E-state index contributed by atoms with van der Waals surface area (Å²) in [5.41, 5.74) is 5.99. The molecule has 0 saturated carbocycles. The van der Waals surface area contributed by atoms with Crippen molar-refractivity contribution < 1.29 is 9.13 Å². The van der Waals surface area contributed by atoms with Crippen LogP contribution in [0.5, 0.6) is 5.88 Å². The minimum atomic E-state index is -0.307. The van der Waals surface area contributed by atoms with E-state index in [4.69, 9.17) is 4.74 Å². The summed E-state index contributed by atoms with van der Waals surface area (Å²) < 4.78 is 18.7. The highest BCUT2D eigenvalue weighted by atomic mass is 19.1. The lowest BCUT2D eigenvalue weighted by Gasteiger charge is -2.14. The lowest BCUT2D eigenvalue weighted by atomic mass is 9.94. The van der Waals surface area contributed by atoms with E-state index in [2.05, 4.69) is 17.1 Å². The summed E-state index contributed by atoms with van der Waals surface area (Å²) in [4.78, 5) is 4.57. The fourth-order valence-corrected chi connectivity index (χ4v) is 3.28. The summed E-state index contributed by atoms with van der Waals surface area (Å²) in [6.07, 6.45) is 0.698. The molecular weight excluding hydrogens is 303 g/mol. The van der Waals surface area contributed by atoms with Crippen molar-refractivity contribution in [3.63, 3.8) is 0 Å². The van der Waals surface area contributed by atoms with Crippen LogP contribution >= 0.6 is 0 Å². The second-order valence-corrected chi connectivity index (χ2v) is 5.65. The molecular formula is C20H13FN2O. The molecule has 2 aromatic carbocycles. The van der Waals surface area contributed by atoms with Crippen molar-refractivity contribution in [2.75, 3.05) is 7.11 Å². The Morgan fingerprint density at radius 3 is 2.58 bits per heavy atom. The first-order valence-electron chi connectivity index (χ1n) is 7.58. The molecule has 3 nitrogen and oxygen atoms in total. The van der Waals surface area contributed by atoms with Gasteiger partial charge in [0.05, 0.1) is 12.8 Å². The van der Waals surface area contributed by atoms with E-state index in [0.29, 0.717) is 17.9 Å². The topological polar surface area (TPSA) is 45.9 Å². The van der Waals surface area contributed by atoms with Gasteiger partial charge in [-0.2, -0.15) is 5.26 Å². The van der Waals surface area contributed by atoms with E-state index in [-0.39, 0.29) is 5.82 Å². The molecule has 0 saturated heterocycles. The smallest absolute Gasteiger partial charge is 0.232 e. The largest absolute Gasteiger partial charge is 0.480 e. The van der Waals surface area contributed by atoms with E-state index in [1.807, 2.05) is 18.2 Å². The maximum Gasteiger partial charge on any atom is 0.232 e. The maximum absolute atomic E-state index is 13.3. The second kappa shape index (κ2) is 5.47. The monoisotopic (exact) mass is 316 g/mol. The molecule has 0 unspecified atom stereocenters. The van der Waals surface area contributed by atoms with E-state index in [9.17, 15) is 9.65 Å². The number of aromatic nitrogens is 1. The SMILES string of the molecule is COc1nc2c(c(-c3ccc(F)cc3)c1C#N)Cc1ccccc1-2. The number of fused-ring (bicyclic) bond motifs is 3. The van der Waals surface area contributed by atoms with Gasteiger partial charge in [0.15, 0.2) is 0 Å². The number of methoxy groups -OCH3 is 1. The fraction of sp³-hybridized carbons (Fsp3) is 0.100. The Bertz CT molecular complexity index is 988. The molecule has 0 bridgehead atoms. The zero-order chi connectivity index (χ0) is 16.7. The van der Waals surface area contributed by atoms with Crippen molar-refractivity contribution in [1.82, 2.24) is 4.98 Å². The van der Waals surface area contributed by atoms with Crippen LogP contribution < -0.4 is 4.74 Å². The van der Waals surface area contributed by atoms with E-state index in [0.717, 1.165) is 27.9 Å². The van der Waals surface area contributed by atoms with Gasteiger partial charge in [-0.15, -0.1) is 0 Å². The molecule has 0 fully saturated rings. The van der Waals surface area contributed by atoms with Gasteiger partial charge in [-0.1, -0.05) is 36.4 Å². The molecule has 1 heterocycles. The summed E-state index contributed by atoms with van der Waals surface area (Å²) in [5, 5.41) is 9.65. The van der Waals surface area contributed by atoms with Crippen LogP contribution in [-0.2, 0) is 6.42 Å². The van der Waals surface area contributed by atoms with Gasteiger partial charge in [0, 0.05) is 17.5 Å². The highest BCUT2D eigenvalue weighted by Crippen LogP contribution is 2.44. The van der Waals surface area contributed by atoms with Crippen molar-refractivity contribution in [3.05, 3.63) is 71.0 Å². The lowest BCUT2D eigenvalue weighted by Crippen LogP contribution is -2.00. The number of rotatable bonds is 2. The van der Waals surface area contributed by atoms with Gasteiger partial charge in [-0.25, -0.2) is 9.37 Å². The molecule has 24 heavy (non-hydrogen) atoms. The van der Waals surface area contributed by atoms with Gasteiger partial charge in [-0.3, -0.25) is 0 Å². The number of pyridine rings is 1. The molecule has 0 atom stereocenters. The predicted molar refractivity (Wildman–Crippen MR) is 89.1 cm³/mol. The van der Waals surface area contributed by atoms with E-state index < -0.39 is 0 Å². The minimum Gasteiger partial charge on any atom is -0.480 e. The zero-order valence-electron chi connectivity index (χ0n) is 13.0. The minimum absolute atomic E-state index is 0.298. The molecule has 0 spiro atoms. The number of nitriles is 1. The summed E-state index contributed by atoms with van der Waals surface area (Å²) >= 11 is 0. The molecule has 0 radical (unpaired) electrons. The Kier molecular flexibility index (Phi) is 3.28. The quantitative estimate of drug-likeness (QED) is 0.552. The molecule has 116 valence electrons. The summed E-state index contributed by atoms with van der Waals surface area (Å²) in [7, 11) is 1.50. The Morgan fingerprint density at radius 2 is 1.88 bits per heavy atom. The standard InChI is InChI=1S/C20H13FN2O/c1-24-20-17(11-22)18(12-6-8-14(21)9-7-12)16-10-13-4-2-3-5-15(13)19(16)23-20/h2-9H,10H2,1H3. The van der Waals surface area contributed by atoms with Gasteiger partial charge in [-0.05, 0) is 28.8 Å². The van der Waals surface area contributed by atoms with Crippen LogP contribution in [0.1, 0.15) is 16.7 Å². The van der Waals surface area contributed by atoms with Gasteiger partial charge >= 0.3 is 0 Å². The second-order valence-electron chi connectivity index (χ2n) is 5.65. The number of hydrogen-bond donors (Lipinski definition) is 0. The number of benzene rings is 2.